The number of aryl methyl sites for hydroxylation is 1. The van der Waals surface area contributed by atoms with Gasteiger partial charge in [0.1, 0.15) is 5.82 Å². The van der Waals surface area contributed by atoms with Crippen molar-refractivity contribution in [3.8, 4) is 0 Å². The van der Waals surface area contributed by atoms with Gasteiger partial charge in [-0.05, 0) is 43.4 Å². The normalized spacial score (nSPS) is 22.2. The van der Waals surface area contributed by atoms with E-state index < -0.39 is 0 Å². The Balaban J connectivity index is 1.46. The van der Waals surface area contributed by atoms with Crippen LogP contribution in [0.2, 0.25) is 0 Å². The van der Waals surface area contributed by atoms with Crippen LogP contribution in [-0.2, 0) is 6.54 Å². The van der Waals surface area contributed by atoms with Gasteiger partial charge in [-0.1, -0.05) is 17.3 Å². The zero-order valence-electron chi connectivity index (χ0n) is 10.9. The van der Waals surface area contributed by atoms with E-state index in [1.807, 2.05) is 25.1 Å². The molecule has 1 aromatic heterocycles. The van der Waals surface area contributed by atoms with Crippen molar-refractivity contribution in [2.24, 2.45) is 0 Å². The predicted octanol–water partition coefficient (Wildman–Crippen LogP) is 3.16. The van der Waals surface area contributed by atoms with Crippen molar-refractivity contribution in [2.45, 2.75) is 38.3 Å². The lowest BCUT2D eigenvalue weighted by Crippen LogP contribution is -2.39. The van der Waals surface area contributed by atoms with Crippen LogP contribution >= 0.6 is 0 Å². The summed E-state index contributed by atoms with van der Waals surface area (Å²) in [5, 5.41) is 7.31. The van der Waals surface area contributed by atoms with Crippen molar-refractivity contribution in [3.05, 3.63) is 53.2 Å². The number of nitrogens with zero attached hydrogens (tertiary/aromatic N) is 1. The molecule has 1 fully saturated rings. The molecule has 100 valence electrons. The number of halogens is 1. The monoisotopic (exact) mass is 260 g/mol. The van der Waals surface area contributed by atoms with Crippen molar-refractivity contribution >= 4 is 0 Å². The third kappa shape index (κ3) is 2.84. The molecule has 0 atom stereocenters. The molecule has 0 unspecified atom stereocenters. The molecule has 3 rings (SSSR count). The topological polar surface area (TPSA) is 38.1 Å². The molecule has 19 heavy (non-hydrogen) atoms. The second-order valence-corrected chi connectivity index (χ2v) is 5.23. The molecule has 4 heteroatoms. The summed E-state index contributed by atoms with van der Waals surface area (Å²) in [4.78, 5) is 0. The zero-order chi connectivity index (χ0) is 13.2. The smallest absolute Gasteiger partial charge is 0.150 e. The Morgan fingerprint density at radius 1 is 1.32 bits per heavy atom. The highest BCUT2D eigenvalue weighted by atomic mass is 19.1. The first-order chi connectivity index (χ1) is 9.20. The van der Waals surface area contributed by atoms with Crippen molar-refractivity contribution in [1.29, 1.82) is 0 Å². The van der Waals surface area contributed by atoms with E-state index >= 15 is 0 Å². The SMILES string of the molecule is Cc1cc(CNC2CC(c3ccc(F)cc3)C2)on1. The molecule has 0 bridgehead atoms. The van der Waals surface area contributed by atoms with Crippen LogP contribution in [0.4, 0.5) is 4.39 Å². The molecule has 0 saturated heterocycles. The number of hydrogen-bond acceptors (Lipinski definition) is 3. The summed E-state index contributed by atoms with van der Waals surface area (Å²) in [7, 11) is 0. The van der Waals surface area contributed by atoms with Crippen LogP contribution < -0.4 is 5.32 Å². The van der Waals surface area contributed by atoms with Crippen LogP contribution in [0.3, 0.4) is 0 Å². The quantitative estimate of drug-likeness (QED) is 0.917. The molecule has 2 aromatic rings. The van der Waals surface area contributed by atoms with Gasteiger partial charge in [-0.15, -0.1) is 0 Å². The Bertz CT molecular complexity index is 544. The number of nitrogens with one attached hydrogen (secondary N) is 1. The van der Waals surface area contributed by atoms with Gasteiger partial charge >= 0.3 is 0 Å². The largest absolute Gasteiger partial charge is 0.360 e. The average molecular weight is 260 g/mol. The predicted molar refractivity (Wildman–Crippen MR) is 70.2 cm³/mol. The fraction of sp³-hybridized carbons (Fsp3) is 0.400. The molecule has 1 N–H and O–H groups in total. The lowest BCUT2D eigenvalue weighted by Gasteiger charge is -2.36. The van der Waals surface area contributed by atoms with Crippen LogP contribution in [0, 0.1) is 12.7 Å². The van der Waals surface area contributed by atoms with Gasteiger partial charge in [0.2, 0.25) is 0 Å². The third-order valence-electron chi connectivity index (χ3n) is 3.72. The maximum Gasteiger partial charge on any atom is 0.150 e. The van der Waals surface area contributed by atoms with Gasteiger partial charge in [0.05, 0.1) is 12.2 Å². The van der Waals surface area contributed by atoms with Crippen molar-refractivity contribution in [2.75, 3.05) is 0 Å². The lowest BCUT2D eigenvalue weighted by molar-refractivity contribution is 0.274. The average Bonchev–Trinajstić information content (AvgIpc) is 2.75. The minimum atomic E-state index is -0.168. The Morgan fingerprint density at radius 3 is 2.68 bits per heavy atom. The summed E-state index contributed by atoms with van der Waals surface area (Å²) in [6, 6.07) is 9.30. The first-order valence-electron chi connectivity index (χ1n) is 6.62. The molecule has 1 aliphatic rings. The Morgan fingerprint density at radius 2 is 2.05 bits per heavy atom. The van der Waals surface area contributed by atoms with Gasteiger partial charge in [0.15, 0.2) is 5.76 Å². The molecule has 3 nitrogen and oxygen atoms in total. The van der Waals surface area contributed by atoms with Crippen LogP contribution in [0.5, 0.6) is 0 Å². The fourth-order valence-electron chi connectivity index (χ4n) is 2.54. The molecule has 1 saturated carbocycles. The third-order valence-corrected chi connectivity index (χ3v) is 3.72. The van der Waals surface area contributed by atoms with Gasteiger partial charge in [0, 0.05) is 12.1 Å². The lowest BCUT2D eigenvalue weighted by atomic mass is 9.76. The number of hydrogen-bond donors (Lipinski definition) is 1. The van der Waals surface area contributed by atoms with Crippen LogP contribution in [0.15, 0.2) is 34.9 Å². The molecule has 0 spiro atoms. The number of benzene rings is 1. The van der Waals surface area contributed by atoms with Gasteiger partial charge in [-0.25, -0.2) is 4.39 Å². The molecule has 0 amide bonds. The Labute approximate surface area is 111 Å². The second-order valence-electron chi connectivity index (χ2n) is 5.23. The summed E-state index contributed by atoms with van der Waals surface area (Å²) in [5.74, 6) is 1.26. The van der Waals surface area contributed by atoms with Gasteiger partial charge in [-0.3, -0.25) is 0 Å². The molecule has 0 aliphatic heterocycles. The van der Waals surface area contributed by atoms with Crippen molar-refractivity contribution in [1.82, 2.24) is 10.5 Å². The summed E-state index contributed by atoms with van der Waals surface area (Å²) >= 11 is 0. The van der Waals surface area contributed by atoms with E-state index in [1.165, 1.54) is 17.7 Å². The van der Waals surface area contributed by atoms with E-state index in [0.29, 0.717) is 12.0 Å². The molecule has 1 aromatic carbocycles. The highest BCUT2D eigenvalue weighted by Gasteiger charge is 2.29. The summed E-state index contributed by atoms with van der Waals surface area (Å²) in [6.07, 6.45) is 2.19. The Kier molecular flexibility index (Phi) is 3.34. The first-order valence-corrected chi connectivity index (χ1v) is 6.62. The number of rotatable bonds is 4. The molecule has 0 radical (unpaired) electrons. The maximum atomic E-state index is 12.8. The summed E-state index contributed by atoms with van der Waals surface area (Å²) in [6.45, 7) is 2.64. The van der Waals surface area contributed by atoms with Crippen LogP contribution in [-0.4, -0.2) is 11.2 Å². The second kappa shape index (κ2) is 5.13. The molecular formula is C15H17FN2O. The van der Waals surface area contributed by atoms with Crippen molar-refractivity contribution < 1.29 is 8.91 Å². The summed E-state index contributed by atoms with van der Waals surface area (Å²) in [5.41, 5.74) is 2.14. The molecule has 1 heterocycles. The highest BCUT2D eigenvalue weighted by molar-refractivity contribution is 5.23. The van der Waals surface area contributed by atoms with Crippen molar-refractivity contribution in [3.63, 3.8) is 0 Å². The zero-order valence-corrected chi connectivity index (χ0v) is 10.9. The van der Waals surface area contributed by atoms with E-state index in [9.17, 15) is 4.39 Å². The molecular weight excluding hydrogens is 243 g/mol. The Hall–Kier alpha value is -1.68. The van der Waals surface area contributed by atoms with Crippen LogP contribution in [0.1, 0.15) is 35.8 Å². The van der Waals surface area contributed by atoms with E-state index in [0.717, 1.165) is 30.8 Å². The molecule has 1 aliphatic carbocycles. The van der Waals surface area contributed by atoms with E-state index in [1.54, 1.807) is 0 Å². The minimum Gasteiger partial charge on any atom is -0.360 e. The first kappa shape index (κ1) is 12.4. The minimum absolute atomic E-state index is 0.168. The summed E-state index contributed by atoms with van der Waals surface area (Å²) < 4.78 is 18.0. The van der Waals surface area contributed by atoms with E-state index in [-0.39, 0.29) is 5.82 Å². The number of aromatic nitrogens is 1. The fourth-order valence-corrected chi connectivity index (χ4v) is 2.54. The van der Waals surface area contributed by atoms with E-state index in [4.69, 9.17) is 4.52 Å². The van der Waals surface area contributed by atoms with Gasteiger partial charge in [-0.2, -0.15) is 0 Å². The van der Waals surface area contributed by atoms with E-state index in [2.05, 4.69) is 10.5 Å². The van der Waals surface area contributed by atoms with Gasteiger partial charge < -0.3 is 9.84 Å². The highest BCUT2D eigenvalue weighted by Crippen LogP contribution is 2.36. The van der Waals surface area contributed by atoms with Crippen LogP contribution in [0.25, 0.3) is 0 Å². The standard InChI is InChI=1S/C15H17FN2O/c1-10-6-15(19-18-10)9-17-14-7-12(8-14)11-2-4-13(16)5-3-11/h2-6,12,14,17H,7-9H2,1H3. The maximum absolute atomic E-state index is 12.8. The van der Waals surface area contributed by atoms with Gasteiger partial charge in [0.25, 0.3) is 0 Å².